The van der Waals surface area contributed by atoms with Gasteiger partial charge in [-0.15, -0.1) is 0 Å². The summed E-state index contributed by atoms with van der Waals surface area (Å²) in [6.07, 6.45) is 7.37. The molecule has 2 N–H and O–H groups in total. The summed E-state index contributed by atoms with van der Waals surface area (Å²) in [5.74, 6) is -0.163. The number of allylic oxidation sites excluding steroid dienone is 1. The average molecular weight is 426 g/mol. The smallest absolute Gasteiger partial charge is 0.267 e. The van der Waals surface area contributed by atoms with E-state index in [2.05, 4.69) is 31.9 Å². The number of aromatic nitrogens is 1. The number of amides is 2. The van der Waals surface area contributed by atoms with Crippen molar-refractivity contribution in [2.75, 3.05) is 6.54 Å². The van der Waals surface area contributed by atoms with E-state index in [1.54, 1.807) is 0 Å². The van der Waals surface area contributed by atoms with Crippen molar-refractivity contribution in [3.05, 3.63) is 83.3 Å². The Morgan fingerprint density at radius 2 is 1.94 bits per heavy atom. The topological polar surface area (TPSA) is 66.1 Å². The molecule has 0 saturated heterocycles. The van der Waals surface area contributed by atoms with Gasteiger partial charge in [0.25, 0.3) is 11.8 Å². The number of benzene rings is 2. The first-order chi connectivity index (χ1) is 15.6. The van der Waals surface area contributed by atoms with Crippen LogP contribution in [0.4, 0.5) is 0 Å². The van der Waals surface area contributed by atoms with Crippen LogP contribution in [0.15, 0.2) is 66.5 Å². The van der Waals surface area contributed by atoms with Crippen LogP contribution in [-0.4, -0.2) is 33.7 Å². The number of nitrogens with one attached hydrogen (secondary N) is 2. The fourth-order valence-electron chi connectivity index (χ4n) is 5.01. The van der Waals surface area contributed by atoms with Gasteiger partial charge in [0, 0.05) is 40.5 Å². The Kier molecular flexibility index (Phi) is 4.28. The third-order valence-electron chi connectivity index (χ3n) is 7.01. The maximum atomic E-state index is 12.9. The van der Waals surface area contributed by atoms with Gasteiger partial charge in [-0.2, -0.15) is 4.58 Å². The second-order valence-corrected chi connectivity index (χ2v) is 9.25. The zero-order valence-corrected chi connectivity index (χ0v) is 17.8. The van der Waals surface area contributed by atoms with Crippen molar-refractivity contribution >= 4 is 28.9 Å². The molecule has 32 heavy (non-hydrogen) atoms. The van der Waals surface area contributed by atoms with Gasteiger partial charge in [0.2, 0.25) is 0 Å². The molecule has 3 heterocycles. The molecular formula is C26H25N4O2+. The largest absolute Gasteiger partial charge is 0.350 e. The molecule has 160 valence electrons. The molecule has 2 aliphatic heterocycles. The molecule has 0 bridgehead atoms. The number of carbonyl (C=O) groups is 2. The molecule has 1 fully saturated rings. The summed E-state index contributed by atoms with van der Waals surface area (Å²) in [6, 6.07) is 17.8. The van der Waals surface area contributed by atoms with E-state index in [1.807, 2.05) is 54.9 Å². The summed E-state index contributed by atoms with van der Waals surface area (Å²) in [4.78, 5) is 25.5. The SMILES string of the molecule is O=C(NC1=C[N+](Cc2ccccc2)=C1)c1ccc2cc3n(c2c1)CC1(CCC1)CNC3=O. The summed E-state index contributed by atoms with van der Waals surface area (Å²) >= 11 is 0. The summed E-state index contributed by atoms with van der Waals surface area (Å²) < 4.78 is 4.17. The lowest BCUT2D eigenvalue weighted by Crippen LogP contribution is -2.41. The highest BCUT2D eigenvalue weighted by molar-refractivity contribution is 6.03. The summed E-state index contributed by atoms with van der Waals surface area (Å²) in [5.41, 5.74) is 4.41. The number of rotatable bonds is 4. The van der Waals surface area contributed by atoms with Crippen molar-refractivity contribution in [3.63, 3.8) is 0 Å². The fraction of sp³-hybridized carbons (Fsp3) is 0.269. The van der Waals surface area contributed by atoms with E-state index < -0.39 is 0 Å². The van der Waals surface area contributed by atoms with E-state index in [9.17, 15) is 9.59 Å². The van der Waals surface area contributed by atoms with Gasteiger partial charge < -0.3 is 15.2 Å². The van der Waals surface area contributed by atoms with Crippen LogP contribution in [-0.2, 0) is 13.1 Å². The summed E-state index contributed by atoms with van der Waals surface area (Å²) in [6.45, 7) is 2.34. The maximum absolute atomic E-state index is 12.9. The Morgan fingerprint density at radius 3 is 2.69 bits per heavy atom. The van der Waals surface area contributed by atoms with Crippen molar-refractivity contribution in [2.45, 2.75) is 32.4 Å². The van der Waals surface area contributed by atoms with Crippen molar-refractivity contribution in [3.8, 4) is 0 Å². The first-order valence-electron chi connectivity index (χ1n) is 11.2. The first-order valence-corrected chi connectivity index (χ1v) is 11.2. The predicted octanol–water partition coefficient (Wildman–Crippen LogP) is 3.42. The molecule has 3 aliphatic rings. The van der Waals surface area contributed by atoms with Crippen LogP contribution in [0.2, 0.25) is 0 Å². The molecular weight excluding hydrogens is 400 g/mol. The van der Waals surface area contributed by atoms with Gasteiger partial charge in [0.1, 0.15) is 5.69 Å². The lowest BCUT2D eigenvalue weighted by Gasteiger charge is -2.41. The van der Waals surface area contributed by atoms with Gasteiger partial charge in [-0.25, -0.2) is 0 Å². The molecule has 2 aromatic carbocycles. The molecule has 6 heteroatoms. The predicted molar refractivity (Wildman–Crippen MR) is 123 cm³/mol. The third kappa shape index (κ3) is 3.23. The Hall–Kier alpha value is -3.67. The Balaban J connectivity index is 1.21. The van der Waals surface area contributed by atoms with E-state index in [4.69, 9.17) is 0 Å². The Bertz CT molecular complexity index is 1310. The second-order valence-electron chi connectivity index (χ2n) is 9.25. The highest BCUT2D eigenvalue weighted by Gasteiger charge is 2.40. The number of carbonyl (C=O) groups excluding carboxylic acids is 2. The fourth-order valence-corrected chi connectivity index (χ4v) is 5.01. The number of hydrogen-bond donors (Lipinski definition) is 2. The van der Waals surface area contributed by atoms with E-state index in [0.717, 1.165) is 49.1 Å². The molecule has 0 unspecified atom stereocenters. The van der Waals surface area contributed by atoms with E-state index in [1.165, 1.54) is 12.0 Å². The highest BCUT2D eigenvalue weighted by atomic mass is 16.2. The minimum Gasteiger partial charge on any atom is -0.350 e. The van der Waals surface area contributed by atoms with Crippen molar-refractivity contribution in [1.29, 1.82) is 0 Å². The van der Waals surface area contributed by atoms with Gasteiger partial charge in [-0.05, 0) is 31.0 Å². The molecule has 3 aromatic rings. The molecule has 0 atom stereocenters. The van der Waals surface area contributed by atoms with E-state index >= 15 is 0 Å². The normalized spacial score (nSPS) is 18.6. The van der Waals surface area contributed by atoms with Crippen molar-refractivity contribution in [2.24, 2.45) is 5.41 Å². The number of fused-ring (bicyclic) bond motifs is 3. The molecule has 1 aliphatic carbocycles. The minimum atomic E-state index is -0.138. The lowest BCUT2D eigenvalue weighted by molar-refractivity contribution is -0.481. The maximum Gasteiger partial charge on any atom is 0.267 e. The molecule has 0 radical (unpaired) electrons. The monoisotopic (exact) mass is 425 g/mol. The lowest BCUT2D eigenvalue weighted by atomic mass is 9.68. The van der Waals surface area contributed by atoms with E-state index in [0.29, 0.717) is 11.3 Å². The van der Waals surface area contributed by atoms with Gasteiger partial charge in [0.05, 0.1) is 0 Å². The van der Waals surface area contributed by atoms with Gasteiger partial charge in [-0.3, -0.25) is 9.59 Å². The molecule has 6 rings (SSSR count). The van der Waals surface area contributed by atoms with Crippen LogP contribution >= 0.6 is 0 Å². The average Bonchev–Trinajstić information content (AvgIpc) is 3.04. The van der Waals surface area contributed by atoms with Crippen LogP contribution in [0.3, 0.4) is 0 Å². The summed E-state index contributed by atoms with van der Waals surface area (Å²) in [7, 11) is 0. The molecule has 1 aromatic heterocycles. The Morgan fingerprint density at radius 1 is 1.12 bits per heavy atom. The van der Waals surface area contributed by atoms with Crippen molar-refractivity contribution in [1.82, 2.24) is 15.2 Å². The quantitative estimate of drug-likeness (QED) is 0.629. The molecule has 2 amide bonds. The zero-order valence-electron chi connectivity index (χ0n) is 17.8. The van der Waals surface area contributed by atoms with Crippen molar-refractivity contribution < 1.29 is 14.2 Å². The van der Waals surface area contributed by atoms with Gasteiger partial charge in [0.15, 0.2) is 24.7 Å². The minimum absolute atomic E-state index is 0.0243. The van der Waals surface area contributed by atoms with Crippen LogP contribution in [0, 0.1) is 5.41 Å². The second kappa shape index (κ2) is 7.19. The van der Waals surface area contributed by atoms with Crippen LogP contribution in [0.5, 0.6) is 0 Å². The van der Waals surface area contributed by atoms with Crippen LogP contribution in [0.1, 0.15) is 45.7 Å². The van der Waals surface area contributed by atoms with Crippen LogP contribution in [0.25, 0.3) is 10.9 Å². The van der Waals surface area contributed by atoms with E-state index in [-0.39, 0.29) is 17.2 Å². The number of nitrogens with zero attached hydrogens (tertiary/aromatic N) is 2. The number of hydrogen-bond acceptors (Lipinski definition) is 2. The molecule has 1 saturated carbocycles. The van der Waals surface area contributed by atoms with Crippen LogP contribution < -0.4 is 10.6 Å². The highest BCUT2D eigenvalue weighted by Crippen LogP contribution is 2.44. The standard InChI is InChI=1S/C26H24N4O2/c31-24(28-21-14-29(15-21)13-18-5-2-1-3-6-18)20-8-7-19-11-23-25(32)27-16-26(9-4-10-26)17-30(23)22(19)12-20/h1-3,5-8,11-12,14-15H,4,9-10,13,16-17H2,(H-,27,28,31,32)/p+1. The van der Waals surface area contributed by atoms with Gasteiger partial charge >= 0.3 is 0 Å². The molecule has 6 nitrogen and oxygen atoms in total. The molecule has 1 spiro atoms. The zero-order chi connectivity index (χ0) is 21.7. The third-order valence-corrected chi connectivity index (χ3v) is 7.01. The first kappa shape index (κ1) is 19.0. The van der Waals surface area contributed by atoms with Gasteiger partial charge in [-0.1, -0.05) is 42.8 Å². The summed E-state index contributed by atoms with van der Waals surface area (Å²) in [5, 5.41) is 7.07. The Labute approximate surface area is 186 Å².